The molecule has 3 aromatic rings. The van der Waals surface area contributed by atoms with Crippen molar-refractivity contribution in [1.82, 2.24) is 9.55 Å². The second-order valence-corrected chi connectivity index (χ2v) is 12.8. The number of carbonyl (C=O) groups is 3. The van der Waals surface area contributed by atoms with Crippen LogP contribution in [0.1, 0.15) is 99.3 Å². The zero-order valence-electron chi connectivity index (χ0n) is 27.2. The molecule has 2 aromatic heterocycles. The van der Waals surface area contributed by atoms with E-state index < -0.39 is 12.1 Å². The van der Waals surface area contributed by atoms with Gasteiger partial charge in [-0.15, -0.1) is 0 Å². The quantitative estimate of drug-likeness (QED) is 0.194. The minimum atomic E-state index is -1.49. The Morgan fingerprint density at radius 2 is 1.89 bits per heavy atom. The van der Waals surface area contributed by atoms with Crippen molar-refractivity contribution in [2.75, 3.05) is 13.6 Å². The van der Waals surface area contributed by atoms with Crippen LogP contribution in [0.5, 0.6) is 0 Å². The number of amides is 1. The third-order valence-electron chi connectivity index (χ3n) is 10.4. The fraction of sp³-hybridized carbons (Fsp3) is 0.514. The number of aliphatic hydroxyl groups is 1. The number of rotatable bonds is 3. The largest absolute Gasteiger partial charge is 0.458 e. The summed E-state index contributed by atoms with van der Waals surface area (Å²) in [5.74, 6) is 0.0616. The lowest BCUT2D eigenvalue weighted by Crippen LogP contribution is -2.69. The van der Waals surface area contributed by atoms with Gasteiger partial charge in [0.25, 0.3) is 5.56 Å². The number of benzene rings is 1. The van der Waals surface area contributed by atoms with Gasteiger partial charge in [-0.25, -0.2) is 19.0 Å². The van der Waals surface area contributed by atoms with Crippen LogP contribution in [0.3, 0.4) is 0 Å². The van der Waals surface area contributed by atoms with Gasteiger partial charge in [0.2, 0.25) is 0 Å². The number of fused-ring (bicyclic) bond motifs is 5. The number of halogens is 1. The van der Waals surface area contributed by atoms with E-state index >= 15 is 0 Å². The normalized spacial score (nSPS) is 25.3. The molecule has 0 bridgehead atoms. The molecule has 1 saturated heterocycles. The summed E-state index contributed by atoms with van der Waals surface area (Å²) in [4.78, 5) is 51.5. The maximum Gasteiger partial charge on any atom is 0.340 e. The average molecular weight is 621 g/mol. The highest BCUT2D eigenvalue weighted by molar-refractivity contribution is 5.93. The number of pyridine rings is 2. The number of nitrogens with zero attached hydrogens (tertiary/aromatic N) is 3. The van der Waals surface area contributed by atoms with Crippen molar-refractivity contribution < 1.29 is 33.1 Å². The maximum absolute atomic E-state index is 14.6. The summed E-state index contributed by atoms with van der Waals surface area (Å²) >= 11 is 0. The van der Waals surface area contributed by atoms with Crippen molar-refractivity contribution in [3.05, 3.63) is 61.7 Å². The van der Waals surface area contributed by atoms with E-state index in [1.807, 2.05) is 27.8 Å². The molecule has 4 aliphatic rings. The van der Waals surface area contributed by atoms with Gasteiger partial charge in [0.05, 0.1) is 54.9 Å². The van der Waals surface area contributed by atoms with Crippen LogP contribution < -0.4 is 5.56 Å². The van der Waals surface area contributed by atoms with Crippen molar-refractivity contribution >= 4 is 29.1 Å². The summed E-state index contributed by atoms with van der Waals surface area (Å²) in [7, 11) is 1.97. The average Bonchev–Trinajstić information content (AvgIpc) is 3.40. The topological polar surface area (TPSA) is 116 Å². The minimum absolute atomic E-state index is 0.145. The number of hydrogen-bond acceptors (Lipinski definition) is 7. The van der Waals surface area contributed by atoms with Crippen LogP contribution in [-0.4, -0.2) is 56.9 Å². The number of esters is 1. The predicted molar refractivity (Wildman–Crippen MR) is 168 cm³/mol. The van der Waals surface area contributed by atoms with Gasteiger partial charge in [0.1, 0.15) is 24.8 Å². The number of aliphatic hydroxyl groups excluding tert-OH is 1. The minimum Gasteiger partial charge on any atom is -0.458 e. The SMILES string of the molecule is CC.CC1C[N+](C)(C(=O)CCC=O)C1C.Cc1c(F)cc2nc3c(c4c2c1CCC4C)Cn1c-3cc2c(c1=O)COC(=O)C2O. The van der Waals surface area contributed by atoms with Gasteiger partial charge < -0.3 is 19.2 Å². The molecule has 0 saturated carbocycles. The van der Waals surface area contributed by atoms with Crippen LogP contribution in [-0.2, 0) is 38.7 Å². The third kappa shape index (κ3) is 5.12. The predicted octanol–water partition coefficient (Wildman–Crippen LogP) is 5.02. The fourth-order valence-electron chi connectivity index (χ4n) is 7.44. The number of carbonyl (C=O) groups excluding carboxylic acids is 3. The Hall–Kier alpha value is -3.76. The summed E-state index contributed by atoms with van der Waals surface area (Å²) in [6.45, 7) is 13.4. The first-order chi connectivity index (χ1) is 21.4. The van der Waals surface area contributed by atoms with Crippen LogP contribution in [0.4, 0.5) is 4.39 Å². The first-order valence-corrected chi connectivity index (χ1v) is 16.0. The molecule has 0 radical (unpaired) electrons. The van der Waals surface area contributed by atoms with Gasteiger partial charge in [0.15, 0.2) is 6.10 Å². The van der Waals surface area contributed by atoms with Crippen LogP contribution >= 0.6 is 0 Å². The fourth-order valence-corrected chi connectivity index (χ4v) is 7.44. The second kappa shape index (κ2) is 12.2. The van der Waals surface area contributed by atoms with E-state index in [0.29, 0.717) is 63.9 Å². The summed E-state index contributed by atoms with van der Waals surface area (Å²) < 4.78 is 21.7. The van der Waals surface area contributed by atoms with Crippen LogP contribution in [0.25, 0.3) is 22.3 Å². The standard InChI is InChI=1S/C23H19FN2O4.C10H18NO2.C2H6/c1-9-3-4-11-10(2)15(24)6-16-19(11)18(9)13-7-26-17(20(13)25-16)5-12-14(22(26)28)8-30-23(29)21(12)27;1-8-7-11(3,9(8)2)10(13)5-4-6-12;1-2/h5-6,9,21,27H,3-4,7-8H2,1-2H3;6,8-9H,4-5,7H2,1-3H3;1-2H3/q;+1;. The smallest absolute Gasteiger partial charge is 0.340 e. The highest BCUT2D eigenvalue weighted by Crippen LogP contribution is 2.45. The highest BCUT2D eigenvalue weighted by Gasteiger charge is 2.50. The number of quaternary nitrogens is 1. The number of hydrogen-bond donors (Lipinski definition) is 1. The van der Waals surface area contributed by atoms with Gasteiger partial charge in [0, 0.05) is 29.0 Å². The molecule has 5 heterocycles. The number of aromatic nitrogens is 2. The Labute approximate surface area is 262 Å². The third-order valence-corrected chi connectivity index (χ3v) is 10.4. The lowest BCUT2D eigenvalue weighted by Gasteiger charge is -2.50. The van der Waals surface area contributed by atoms with Gasteiger partial charge in [-0.1, -0.05) is 27.7 Å². The molecule has 1 N–H and O–H groups in total. The lowest BCUT2D eigenvalue weighted by atomic mass is 9.79. The van der Waals surface area contributed by atoms with Crippen molar-refractivity contribution in [3.63, 3.8) is 0 Å². The van der Waals surface area contributed by atoms with Gasteiger partial charge >= 0.3 is 11.9 Å². The molecule has 9 nitrogen and oxygen atoms in total. The highest BCUT2D eigenvalue weighted by atomic mass is 19.1. The van der Waals surface area contributed by atoms with Crippen molar-refractivity contribution in [2.45, 2.75) is 98.4 Å². The number of aldehydes is 1. The molecule has 7 rings (SSSR count). The summed E-state index contributed by atoms with van der Waals surface area (Å²) in [5, 5.41) is 11.3. The molecule has 10 heteroatoms. The first kappa shape index (κ1) is 32.6. The summed E-state index contributed by atoms with van der Waals surface area (Å²) in [6, 6.07) is 3.55. The van der Waals surface area contributed by atoms with Gasteiger partial charge in [-0.05, 0) is 55.4 Å². The van der Waals surface area contributed by atoms with Crippen molar-refractivity contribution in [1.29, 1.82) is 0 Å². The molecule has 0 spiro atoms. The van der Waals surface area contributed by atoms with E-state index in [4.69, 9.17) is 9.72 Å². The Kier molecular flexibility index (Phi) is 8.85. The van der Waals surface area contributed by atoms with Crippen molar-refractivity contribution in [2.24, 2.45) is 5.92 Å². The molecule has 1 fully saturated rings. The van der Waals surface area contributed by atoms with Gasteiger partial charge in [-0.2, -0.15) is 0 Å². The molecule has 45 heavy (non-hydrogen) atoms. The molecule has 1 amide bonds. The Morgan fingerprint density at radius 3 is 2.53 bits per heavy atom. The molecule has 1 aromatic carbocycles. The molecule has 5 unspecified atom stereocenters. The number of cyclic esters (lactones) is 1. The van der Waals surface area contributed by atoms with Crippen LogP contribution in [0.2, 0.25) is 0 Å². The molecule has 1 aliphatic carbocycles. The van der Waals surface area contributed by atoms with E-state index in [1.54, 1.807) is 10.6 Å². The molecule has 240 valence electrons. The van der Waals surface area contributed by atoms with Crippen molar-refractivity contribution in [3.8, 4) is 11.4 Å². The lowest BCUT2D eigenvalue weighted by molar-refractivity contribution is -0.912. The van der Waals surface area contributed by atoms with Crippen LogP contribution in [0.15, 0.2) is 16.9 Å². The maximum atomic E-state index is 14.6. The van der Waals surface area contributed by atoms with E-state index in [9.17, 15) is 28.7 Å². The zero-order chi connectivity index (χ0) is 33.0. The molecular weight excluding hydrogens is 577 g/mol. The molecular formula is C35H43FN3O6+. The van der Waals surface area contributed by atoms with Crippen LogP contribution in [0, 0.1) is 18.7 Å². The second-order valence-electron chi connectivity index (χ2n) is 12.8. The van der Waals surface area contributed by atoms with E-state index in [2.05, 4.69) is 20.8 Å². The van der Waals surface area contributed by atoms with Gasteiger partial charge in [-0.3, -0.25) is 9.28 Å². The summed E-state index contributed by atoms with van der Waals surface area (Å²) in [6.07, 6.45) is 1.82. The summed E-state index contributed by atoms with van der Waals surface area (Å²) in [5.41, 5.74) is 5.84. The number of likely N-dealkylation sites (tertiary alicyclic amines) is 1. The Bertz CT molecular complexity index is 1780. The monoisotopic (exact) mass is 620 g/mol. The van der Waals surface area contributed by atoms with E-state index in [1.165, 1.54) is 6.07 Å². The Balaban J connectivity index is 0.000000226. The molecule has 5 atom stereocenters. The number of ether oxygens (including phenoxy) is 1. The zero-order valence-corrected chi connectivity index (χ0v) is 27.2. The number of aryl methyl sites for hydroxylation is 1. The molecule has 3 aliphatic heterocycles. The van der Waals surface area contributed by atoms with E-state index in [0.717, 1.165) is 47.7 Å². The Morgan fingerprint density at radius 1 is 1.18 bits per heavy atom. The first-order valence-electron chi connectivity index (χ1n) is 16.0. The van der Waals surface area contributed by atoms with E-state index in [-0.39, 0.29) is 35.4 Å².